The quantitative estimate of drug-likeness (QED) is 0.746. The number of carboxylic acid groups (broad SMARTS) is 1. The van der Waals surface area contributed by atoms with E-state index in [1.54, 1.807) is 28.8 Å². The number of nitrogens with zero attached hydrogens (tertiary/aromatic N) is 4. The van der Waals surface area contributed by atoms with Crippen LogP contribution in [0.1, 0.15) is 24.2 Å². The Balaban J connectivity index is 2.16. The van der Waals surface area contributed by atoms with Crippen molar-refractivity contribution in [3.63, 3.8) is 0 Å². The number of carboxylic acids is 1. The van der Waals surface area contributed by atoms with Crippen LogP contribution in [-0.4, -0.2) is 61.7 Å². The van der Waals surface area contributed by atoms with Gasteiger partial charge in [0.2, 0.25) is 5.91 Å². The molecule has 0 aliphatic carbocycles. The summed E-state index contributed by atoms with van der Waals surface area (Å²) < 4.78 is 1.68. The van der Waals surface area contributed by atoms with Crippen molar-refractivity contribution >= 4 is 17.8 Å². The number of aliphatic carboxylic acids is 1. The van der Waals surface area contributed by atoms with Crippen molar-refractivity contribution in [2.45, 2.75) is 19.9 Å². The molecule has 0 spiro atoms. The number of amides is 2. The summed E-state index contributed by atoms with van der Waals surface area (Å²) in [4.78, 5) is 36.2. The summed E-state index contributed by atoms with van der Waals surface area (Å²) in [5, 5.41) is 19.2. The Morgan fingerprint density at radius 3 is 2.32 bits per heavy atom. The van der Waals surface area contributed by atoms with Crippen LogP contribution in [-0.2, 0) is 9.59 Å². The first-order valence-corrected chi connectivity index (χ1v) is 7.63. The number of hydrogen-bond acceptors (Lipinski definition) is 5. The van der Waals surface area contributed by atoms with E-state index in [4.69, 9.17) is 0 Å². The van der Waals surface area contributed by atoms with E-state index >= 15 is 0 Å². The van der Waals surface area contributed by atoms with Gasteiger partial charge in [-0.3, -0.25) is 14.2 Å². The van der Waals surface area contributed by atoms with E-state index in [-0.39, 0.29) is 19.0 Å². The lowest BCUT2D eigenvalue weighted by Crippen LogP contribution is -2.46. The Bertz CT molecular complexity index is 742. The minimum Gasteiger partial charge on any atom is -0.480 e. The molecule has 0 aliphatic heterocycles. The van der Waals surface area contributed by atoms with Crippen molar-refractivity contribution in [2.75, 3.05) is 13.1 Å². The maximum atomic E-state index is 12.7. The van der Waals surface area contributed by atoms with Crippen LogP contribution < -0.4 is 5.32 Å². The molecule has 2 aromatic rings. The third-order valence-electron chi connectivity index (χ3n) is 3.64. The molecule has 9 heteroatoms. The van der Waals surface area contributed by atoms with Gasteiger partial charge in [0, 0.05) is 31.3 Å². The van der Waals surface area contributed by atoms with Crippen LogP contribution in [0.3, 0.4) is 0 Å². The summed E-state index contributed by atoms with van der Waals surface area (Å²) >= 11 is 0. The molecular weight excluding hydrogens is 326 g/mol. The number of carbonyl (C=O) groups is 3. The van der Waals surface area contributed by atoms with Crippen molar-refractivity contribution in [1.29, 1.82) is 0 Å². The van der Waals surface area contributed by atoms with Gasteiger partial charge in [0.05, 0.1) is 0 Å². The fourth-order valence-electron chi connectivity index (χ4n) is 2.23. The minimum atomic E-state index is -1.11. The number of aromatic nitrogens is 3. The van der Waals surface area contributed by atoms with E-state index in [0.717, 1.165) is 5.69 Å². The van der Waals surface area contributed by atoms with Crippen molar-refractivity contribution in [2.24, 2.45) is 0 Å². The average molecular weight is 345 g/mol. The van der Waals surface area contributed by atoms with Crippen LogP contribution in [0.4, 0.5) is 0 Å². The molecule has 1 unspecified atom stereocenters. The summed E-state index contributed by atoms with van der Waals surface area (Å²) in [6, 6.07) is 5.64. The number of hydrogen-bond donors (Lipinski definition) is 2. The van der Waals surface area contributed by atoms with Gasteiger partial charge in [-0.2, -0.15) is 0 Å². The van der Waals surface area contributed by atoms with Crippen molar-refractivity contribution in [3.05, 3.63) is 42.5 Å². The molecule has 1 aromatic heterocycles. The molecule has 0 bridgehead atoms. The molecule has 1 atom stereocenters. The highest BCUT2D eigenvalue weighted by molar-refractivity contribution is 5.96. The maximum absolute atomic E-state index is 12.7. The molecule has 2 amide bonds. The monoisotopic (exact) mass is 345 g/mol. The zero-order valence-electron chi connectivity index (χ0n) is 13.9. The number of carbonyl (C=O) groups excluding carboxylic acids is 2. The fraction of sp³-hybridized carbons (Fsp3) is 0.312. The van der Waals surface area contributed by atoms with Crippen molar-refractivity contribution in [3.8, 4) is 5.69 Å². The predicted molar refractivity (Wildman–Crippen MR) is 88.2 cm³/mol. The summed E-state index contributed by atoms with van der Waals surface area (Å²) in [5.41, 5.74) is 1.13. The Kier molecular flexibility index (Phi) is 5.83. The van der Waals surface area contributed by atoms with E-state index in [1.165, 1.54) is 31.4 Å². The summed E-state index contributed by atoms with van der Waals surface area (Å²) in [5.74, 6) is -1.78. The molecule has 0 saturated carbocycles. The zero-order valence-corrected chi connectivity index (χ0v) is 13.9. The topological polar surface area (TPSA) is 117 Å². The van der Waals surface area contributed by atoms with Gasteiger partial charge in [0.1, 0.15) is 18.7 Å². The fourth-order valence-corrected chi connectivity index (χ4v) is 2.23. The lowest BCUT2D eigenvalue weighted by molar-refractivity contribution is -0.141. The van der Waals surface area contributed by atoms with E-state index < -0.39 is 17.9 Å². The lowest BCUT2D eigenvalue weighted by atomic mass is 10.1. The highest BCUT2D eigenvalue weighted by Gasteiger charge is 2.26. The third-order valence-corrected chi connectivity index (χ3v) is 3.64. The normalized spacial score (nSPS) is 11.6. The summed E-state index contributed by atoms with van der Waals surface area (Å²) in [6.45, 7) is 3.06. The van der Waals surface area contributed by atoms with E-state index in [1.807, 2.05) is 0 Å². The van der Waals surface area contributed by atoms with Crippen molar-refractivity contribution < 1.29 is 19.5 Å². The second-order valence-electron chi connectivity index (χ2n) is 5.41. The smallest absolute Gasteiger partial charge is 0.326 e. The Hall–Kier alpha value is -3.23. The summed E-state index contributed by atoms with van der Waals surface area (Å²) in [7, 11) is 0. The standard InChI is InChI=1S/C16H19N5O4/c1-11(16(24)25)21(8-7-17-12(2)22)15(23)13-3-5-14(6-4-13)20-9-18-19-10-20/h3-6,9-11H,7-8H2,1-2H3,(H,17,22)(H,24,25). The summed E-state index contributed by atoms with van der Waals surface area (Å²) in [6.07, 6.45) is 3.06. The molecule has 2 N–H and O–H groups in total. The highest BCUT2D eigenvalue weighted by Crippen LogP contribution is 2.13. The Labute approximate surface area is 144 Å². The second kappa shape index (κ2) is 8.04. The third kappa shape index (κ3) is 4.63. The van der Waals surface area contributed by atoms with Crippen LogP contribution >= 0.6 is 0 Å². The first-order chi connectivity index (χ1) is 11.9. The molecular formula is C16H19N5O4. The van der Waals surface area contributed by atoms with Crippen LogP contribution in [0.2, 0.25) is 0 Å². The van der Waals surface area contributed by atoms with Crippen molar-refractivity contribution in [1.82, 2.24) is 25.0 Å². The first-order valence-electron chi connectivity index (χ1n) is 7.63. The van der Waals surface area contributed by atoms with E-state index in [2.05, 4.69) is 15.5 Å². The maximum Gasteiger partial charge on any atom is 0.326 e. The molecule has 0 radical (unpaired) electrons. The van der Waals surface area contributed by atoms with Gasteiger partial charge in [-0.15, -0.1) is 10.2 Å². The molecule has 25 heavy (non-hydrogen) atoms. The van der Waals surface area contributed by atoms with Crippen LogP contribution in [0.5, 0.6) is 0 Å². The van der Waals surface area contributed by atoms with Gasteiger partial charge >= 0.3 is 5.97 Å². The second-order valence-corrected chi connectivity index (χ2v) is 5.41. The molecule has 0 aliphatic rings. The molecule has 2 rings (SSSR count). The molecule has 132 valence electrons. The molecule has 9 nitrogen and oxygen atoms in total. The van der Waals surface area contributed by atoms with Gasteiger partial charge < -0.3 is 15.3 Å². The molecule has 1 aromatic carbocycles. The molecule has 0 fully saturated rings. The Morgan fingerprint density at radius 2 is 1.80 bits per heavy atom. The predicted octanol–water partition coefficient (Wildman–Crippen LogP) is 0.319. The number of benzene rings is 1. The highest BCUT2D eigenvalue weighted by atomic mass is 16.4. The van der Waals surface area contributed by atoms with Crippen LogP contribution in [0.15, 0.2) is 36.9 Å². The van der Waals surface area contributed by atoms with Gasteiger partial charge in [-0.05, 0) is 31.2 Å². The molecule has 0 saturated heterocycles. The lowest BCUT2D eigenvalue weighted by Gasteiger charge is -2.26. The van der Waals surface area contributed by atoms with Crippen LogP contribution in [0, 0.1) is 0 Å². The zero-order chi connectivity index (χ0) is 18.4. The van der Waals surface area contributed by atoms with Gasteiger partial charge in [0.25, 0.3) is 5.91 Å². The van der Waals surface area contributed by atoms with Crippen LogP contribution in [0.25, 0.3) is 5.69 Å². The first kappa shape index (κ1) is 18.1. The van der Waals surface area contributed by atoms with E-state index in [0.29, 0.717) is 5.56 Å². The largest absolute Gasteiger partial charge is 0.480 e. The molecule has 1 heterocycles. The SMILES string of the molecule is CC(=O)NCCN(C(=O)c1ccc(-n2cnnc2)cc1)C(C)C(=O)O. The van der Waals surface area contributed by atoms with Gasteiger partial charge in [0.15, 0.2) is 0 Å². The number of rotatable bonds is 7. The minimum absolute atomic E-state index is 0.0963. The number of nitrogens with one attached hydrogen (secondary N) is 1. The van der Waals surface area contributed by atoms with Gasteiger partial charge in [-0.1, -0.05) is 0 Å². The van der Waals surface area contributed by atoms with E-state index in [9.17, 15) is 19.5 Å². The Morgan fingerprint density at radius 1 is 1.20 bits per heavy atom. The average Bonchev–Trinajstić information content (AvgIpc) is 3.12. The van der Waals surface area contributed by atoms with Gasteiger partial charge in [-0.25, -0.2) is 4.79 Å².